The number of fused-ring (bicyclic) bond motifs is 1. The van der Waals surface area contributed by atoms with Crippen molar-refractivity contribution in [3.8, 4) is 6.07 Å². The normalized spacial score (nSPS) is 33.4. The Kier molecular flexibility index (Phi) is 3.63. The fourth-order valence-electron chi connectivity index (χ4n) is 2.95. The van der Waals surface area contributed by atoms with Gasteiger partial charge in [-0.1, -0.05) is 13.8 Å². The summed E-state index contributed by atoms with van der Waals surface area (Å²) in [6.45, 7) is 3.91. The van der Waals surface area contributed by atoms with E-state index in [-0.39, 0.29) is 17.2 Å². The Balaban J connectivity index is 2.29. The van der Waals surface area contributed by atoms with E-state index in [0.29, 0.717) is 18.6 Å². The van der Waals surface area contributed by atoms with Crippen molar-refractivity contribution in [2.45, 2.75) is 43.6 Å². The first kappa shape index (κ1) is 14.0. The van der Waals surface area contributed by atoms with E-state index in [0.717, 1.165) is 0 Å². The molecule has 2 saturated heterocycles. The molecule has 2 aliphatic rings. The van der Waals surface area contributed by atoms with Gasteiger partial charge in [-0.2, -0.15) is 5.26 Å². The summed E-state index contributed by atoms with van der Waals surface area (Å²) in [5.74, 6) is 0.559. The summed E-state index contributed by atoms with van der Waals surface area (Å²) in [4.78, 5) is 25.1. The molecule has 0 aromatic carbocycles. The number of nitrogens with zero attached hydrogens (tertiary/aromatic N) is 2. The summed E-state index contributed by atoms with van der Waals surface area (Å²) >= 11 is 1.56. The van der Waals surface area contributed by atoms with E-state index < -0.39 is 17.7 Å². The molecular formula is C12H17N3O3S. The van der Waals surface area contributed by atoms with Gasteiger partial charge in [0.15, 0.2) is 0 Å². The molecule has 0 radical (unpaired) electrons. The number of nitrogens with one attached hydrogen (secondary N) is 1. The lowest BCUT2D eigenvalue weighted by atomic mass is 9.87. The zero-order valence-corrected chi connectivity index (χ0v) is 11.7. The van der Waals surface area contributed by atoms with Gasteiger partial charge in [-0.3, -0.25) is 4.79 Å². The molecule has 6 nitrogen and oxygen atoms in total. The summed E-state index contributed by atoms with van der Waals surface area (Å²) in [6.07, 6.45) is -0.281. The predicted molar refractivity (Wildman–Crippen MR) is 70.5 cm³/mol. The molecule has 2 aliphatic heterocycles. The maximum atomic E-state index is 12.6. The summed E-state index contributed by atoms with van der Waals surface area (Å²) in [7, 11) is 0. The van der Waals surface area contributed by atoms with Crippen LogP contribution >= 0.6 is 11.8 Å². The van der Waals surface area contributed by atoms with Crippen molar-refractivity contribution in [1.82, 2.24) is 10.2 Å². The lowest BCUT2D eigenvalue weighted by Gasteiger charge is -2.29. The van der Waals surface area contributed by atoms with Crippen LogP contribution in [-0.2, 0) is 4.79 Å². The van der Waals surface area contributed by atoms with Crippen LogP contribution in [0.1, 0.15) is 26.7 Å². The lowest BCUT2D eigenvalue weighted by Crippen LogP contribution is -2.55. The van der Waals surface area contributed by atoms with Gasteiger partial charge < -0.3 is 15.3 Å². The number of amides is 2. The molecule has 2 heterocycles. The molecule has 2 rings (SSSR count). The molecule has 7 heteroatoms. The van der Waals surface area contributed by atoms with Gasteiger partial charge in [0.1, 0.15) is 11.6 Å². The number of carboxylic acid groups (broad SMARTS) is 1. The molecule has 0 aromatic rings. The Morgan fingerprint density at radius 3 is 2.95 bits per heavy atom. The summed E-state index contributed by atoms with van der Waals surface area (Å²) in [5.41, 5.74) is -1.06. The molecule has 19 heavy (non-hydrogen) atoms. The molecule has 0 spiro atoms. The monoisotopic (exact) mass is 283 g/mol. The van der Waals surface area contributed by atoms with Crippen molar-refractivity contribution in [3.63, 3.8) is 0 Å². The summed E-state index contributed by atoms with van der Waals surface area (Å²) in [5, 5.41) is 20.4. The molecule has 3 unspecified atom stereocenters. The highest BCUT2D eigenvalue weighted by molar-refractivity contribution is 8.00. The van der Waals surface area contributed by atoms with Crippen molar-refractivity contribution in [3.05, 3.63) is 0 Å². The average molecular weight is 283 g/mol. The van der Waals surface area contributed by atoms with E-state index in [1.165, 1.54) is 0 Å². The maximum absolute atomic E-state index is 12.6. The number of hydrogen-bond acceptors (Lipinski definition) is 4. The standard InChI is InChI=1S/C12H17N3O3S/c1-7(2)3-12(14-11(17)18)4-9-15(10(12)16)8(5-13)6-19-9/h7-9,14H,3-4,6H2,1-2H3,(H,17,18). The molecular weight excluding hydrogens is 266 g/mol. The zero-order chi connectivity index (χ0) is 14.2. The van der Waals surface area contributed by atoms with E-state index in [9.17, 15) is 9.59 Å². The van der Waals surface area contributed by atoms with Gasteiger partial charge in [-0.15, -0.1) is 11.8 Å². The first-order valence-electron chi connectivity index (χ1n) is 6.25. The van der Waals surface area contributed by atoms with Crippen LogP contribution in [0.25, 0.3) is 0 Å². The third-order valence-corrected chi connectivity index (χ3v) is 4.80. The predicted octanol–water partition coefficient (Wildman–Crippen LogP) is 1.24. The van der Waals surface area contributed by atoms with Crippen LogP contribution in [0.5, 0.6) is 0 Å². The summed E-state index contributed by atoms with van der Waals surface area (Å²) in [6, 6.07) is 1.68. The Labute approximate surface area is 116 Å². The number of rotatable bonds is 3. The number of hydrogen-bond donors (Lipinski definition) is 2. The van der Waals surface area contributed by atoms with Gasteiger partial charge in [0, 0.05) is 12.2 Å². The Morgan fingerprint density at radius 2 is 2.42 bits per heavy atom. The minimum atomic E-state index is -1.19. The van der Waals surface area contributed by atoms with E-state index in [4.69, 9.17) is 10.4 Å². The maximum Gasteiger partial charge on any atom is 0.405 e. The van der Waals surface area contributed by atoms with Gasteiger partial charge in [-0.05, 0) is 12.3 Å². The number of carbonyl (C=O) groups is 2. The molecule has 0 aliphatic carbocycles. The Morgan fingerprint density at radius 1 is 1.74 bits per heavy atom. The molecule has 0 bridgehead atoms. The van der Waals surface area contributed by atoms with Crippen molar-refractivity contribution >= 4 is 23.8 Å². The minimum Gasteiger partial charge on any atom is -0.465 e. The minimum absolute atomic E-state index is 0.0808. The van der Waals surface area contributed by atoms with E-state index >= 15 is 0 Å². The van der Waals surface area contributed by atoms with Crippen LogP contribution < -0.4 is 5.32 Å². The van der Waals surface area contributed by atoms with Crippen LogP contribution in [0.15, 0.2) is 0 Å². The van der Waals surface area contributed by atoms with E-state index in [2.05, 4.69) is 11.4 Å². The molecule has 2 N–H and O–H groups in total. The second kappa shape index (κ2) is 4.93. The van der Waals surface area contributed by atoms with Gasteiger partial charge in [0.25, 0.3) is 5.91 Å². The quantitative estimate of drug-likeness (QED) is 0.812. The van der Waals surface area contributed by atoms with Crippen LogP contribution in [0.4, 0.5) is 4.79 Å². The molecule has 0 saturated carbocycles. The highest BCUT2D eigenvalue weighted by atomic mass is 32.2. The van der Waals surface area contributed by atoms with Gasteiger partial charge in [0.05, 0.1) is 11.4 Å². The smallest absolute Gasteiger partial charge is 0.405 e. The molecule has 0 aromatic heterocycles. The SMILES string of the molecule is CC(C)CC1(NC(=O)O)CC2SCC(C#N)N2C1=O. The van der Waals surface area contributed by atoms with Gasteiger partial charge in [0.2, 0.25) is 0 Å². The fraction of sp³-hybridized carbons (Fsp3) is 0.750. The number of thioether (sulfide) groups is 1. The van der Waals surface area contributed by atoms with E-state index in [1.807, 2.05) is 13.8 Å². The van der Waals surface area contributed by atoms with Crippen molar-refractivity contribution in [1.29, 1.82) is 5.26 Å². The third kappa shape index (κ3) is 2.37. The second-order valence-electron chi connectivity index (χ2n) is 5.46. The number of carbonyl (C=O) groups excluding carboxylic acids is 1. The largest absolute Gasteiger partial charge is 0.465 e. The number of nitriles is 1. The van der Waals surface area contributed by atoms with Crippen LogP contribution in [0, 0.1) is 17.2 Å². The fourth-order valence-corrected chi connectivity index (χ4v) is 4.40. The van der Waals surface area contributed by atoms with Crippen LogP contribution in [0.3, 0.4) is 0 Å². The Bertz CT molecular complexity index is 448. The Hall–Kier alpha value is -1.42. The molecule has 3 atom stereocenters. The first-order chi connectivity index (χ1) is 8.89. The molecule has 2 amide bonds. The van der Waals surface area contributed by atoms with Gasteiger partial charge >= 0.3 is 6.09 Å². The average Bonchev–Trinajstić information content (AvgIpc) is 2.77. The zero-order valence-electron chi connectivity index (χ0n) is 10.9. The summed E-state index contributed by atoms with van der Waals surface area (Å²) < 4.78 is 0. The second-order valence-corrected chi connectivity index (χ2v) is 6.67. The highest BCUT2D eigenvalue weighted by Gasteiger charge is 2.57. The van der Waals surface area contributed by atoms with Crippen molar-refractivity contribution in [2.75, 3.05) is 5.75 Å². The van der Waals surface area contributed by atoms with E-state index in [1.54, 1.807) is 16.7 Å². The van der Waals surface area contributed by atoms with Crippen molar-refractivity contribution in [2.24, 2.45) is 5.92 Å². The van der Waals surface area contributed by atoms with Crippen LogP contribution in [0.2, 0.25) is 0 Å². The van der Waals surface area contributed by atoms with Crippen LogP contribution in [-0.4, -0.2) is 44.7 Å². The topological polar surface area (TPSA) is 93.4 Å². The highest BCUT2D eigenvalue weighted by Crippen LogP contribution is 2.44. The first-order valence-corrected chi connectivity index (χ1v) is 7.29. The van der Waals surface area contributed by atoms with Gasteiger partial charge in [-0.25, -0.2) is 4.79 Å². The lowest BCUT2D eigenvalue weighted by molar-refractivity contribution is -0.134. The van der Waals surface area contributed by atoms with Crippen molar-refractivity contribution < 1.29 is 14.7 Å². The third-order valence-electron chi connectivity index (χ3n) is 3.51. The molecule has 104 valence electrons. The molecule has 2 fully saturated rings.